The Labute approximate surface area is 106 Å². The van der Waals surface area contributed by atoms with E-state index in [1.54, 1.807) is 0 Å². The Bertz CT molecular complexity index is 294. The average molecular weight is 259 g/mol. The second-order valence-corrected chi connectivity index (χ2v) is 4.00. The molecule has 0 aromatic carbocycles. The summed E-state index contributed by atoms with van der Waals surface area (Å²) >= 11 is 0. The van der Waals surface area contributed by atoms with Crippen LogP contribution in [0.5, 0.6) is 0 Å². The first-order valence-corrected chi connectivity index (χ1v) is 6.02. The normalized spacial score (nSPS) is 11.6. The third-order valence-corrected chi connectivity index (χ3v) is 2.36. The molecule has 0 radical (unpaired) electrons. The van der Waals surface area contributed by atoms with Crippen molar-refractivity contribution in [3.05, 3.63) is 0 Å². The summed E-state index contributed by atoms with van der Waals surface area (Å²) in [6.45, 7) is 2.25. The van der Waals surface area contributed by atoms with Crippen molar-refractivity contribution >= 4 is 17.9 Å². The van der Waals surface area contributed by atoms with E-state index in [0.717, 1.165) is 12.8 Å². The standard InChI is InChI=1S/C11H21N3O4/c1-2-3-6-9(15)14-8(10(16)17)5-4-7-13-11(12)18/h8H,2-7H2,1H3,(H,14,15)(H,16,17)(H3,12,13,18)/t8-/m0/s1. The fraction of sp³-hybridized carbons (Fsp3) is 0.727. The van der Waals surface area contributed by atoms with E-state index in [0.29, 0.717) is 19.4 Å². The first kappa shape index (κ1) is 16.2. The van der Waals surface area contributed by atoms with Gasteiger partial charge in [-0.2, -0.15) is 0 Å². The maximum atomic E-state index is 11.4. The quantitative estimate of drug-likeness (QED) is 0.442. The summed E-state index contributed by atoms with van der Waals surface area (Å²) in [7, 11) is 0. The highest BCUT2D eigenvalue weighted by molar-refractivity contribution is 5.83. The van der Waals surface area contributed by atoms with Gasteiger partial charge in [-0.05, 0) is 19.3 Å². The molecule has 0 spiro atoms. The van der Waals surface area contributed by atoms with Crippen molar-refractivity contribution in [3.63, 3.8) is 0 Å². The van der Waals surface area contributed by atoms with Crippen LogP contribution in [0.2, 0.25) is 0 Å². The zero-order valence-electron chi connectivity index (χ0n) is 10.6. The van der Waals surface area contributed by atoms with Gasteiger partial charge in [-0.15, -0.1) is 0 Å². The minimum atomic E-state index is -1.07. The van der Waals surface area contributed by atoms with Gasteiger partial charge in [0.15, 0.2) is 0 Å². The zero-order chi connectivity index (χ0) is 14.0. The Morgan fingerprint density at radius 3 is 2.44 bits per heavy atom. The van der Waals surface area contributed by atoms with E-state index >= 15 is 0 Å². The molecule has 0 heterocycles. The van der Waals surface area contributed by atoms with Crippen molar-refractivity contribution in [3.8, 4) is 0 Å². The number of hydrogen-bond donors (Lipinski definition) is 4. The van der Waals surface area contributed by atoms with Crippen LogP contribution in [0.25, 0.3) is 0 Å². The van der Waals surface area contributed by atoms with E-state index in [4.69, 9.17) is 10.8 Å². The fourth-order valence-electron chi connectivity index (χ4n) is 1.38. The molecular weight excluding hydrogens is 238 g/mol. The van der Waals surface area contributed by atoms with E-state index in [-0.39, 0.29) is 12.3 Å². The molecule has 0 aliphatic carbocycles. The minimum absolute atomic E-state index is 0.257. The summed E-state index contributed by atoms with van der Waals surface area (Å²) in [6, 6.07) is -1.56. The SMILES string of the molecule is CCCCC(=O)N[C@@H](CCCNC(N)=O)C(=O)O. The molecule has 3 amide bonds. The lowest BCUT2D eigenvalue weighted by Gasteiger charge is -2.14. The third-order valence-electron chi connectivity index (χ3n) is 2.36. The van der Waals surface area contributed by atoms with Crippen molar-refractivity contribution in [2.24, 2.45) is 5.73 Å². The number of aliphatic carboxylic acids is 1. The molecule has 1 atom stereocenters. The first-order valence-electron chi connectivity index (χ1n) is 6.02. The van der Waals surface area contributed by atoms with Crippen LogP contribution in [-0.4, -0.2) is 35.6 Å². The first-order chi connectivity index (χ1) is 8.47. The number of carbonyl (C=O) groups is 3. The Morgan fingerprint density at radius 1 is 1.28 bits per heavy atom. The van der Waals surface area contributed by atoms with Crippen LogP contribution < -0.4 is 16.4 Å². The van der Waals surface area contributed by atoms with Gasteiger partial charge in [0.05, 0.1) is 0 Å². The number of amides is 3. The van der Waals surface area contributed by atoms with Gasteiger partial charge in [0.25, 0.3) is 0 Å². The monoisotopic (exact) mass is 259 g/mol. The number of carboxylic acids is 1. The largest absolute Gasteiger partial charge is 0.480 e. The molecule has 0 rings (SSSR count). The van der Waals surface area contributed by atoms with E-state index in [1.807, 2.05) is 6.92 Å². The van der Waals surface area contributed by atoms with Crippen molar-refractivity contribution in [2.45, 2.75) is 45.1 Å². The molecule has 0 saturated heterocycles. The lowest BCUT2D eigenvalue weighted by atomic mass is 10.1. The Hall–Kier alpha value is -1.79. The van der Waals surface area contributed by atoms with Crippen molar-refractivity contribution < 1.29 is 19.5 Å². The van der Waals surface area contributed by atoms with Gasteiger partial charge >= 0.3 is 12.0 Å². The van der Waals surface area contributed by atoms with Crippen molar-refractivity contribution in [1.82, 2.24) is 10.6 Å². The van der Waals surface area contributed by atoms with Crippen LogP contribution in [0.1, 0.15) is 39.0 Å². The summed E-state index contributed by atoms with van der Waals surface area (Å²) in [5, 5.41) is 13.7. The van der Waals surface area contributed by atoms with Crippen LogP contribution in [0.3, 0.4) is 0 Å². The molecule has 0 unspecified atom stereocenters. The lowest BCUT2D eigenvalue weighted by Crippen LogP contribution is -2.41. The summed E-state index contributed by atoms with van der Waals surface area (Å²) in [6.07, 6.45) is 2.65. The van der Waals surface area contributed by atoms with Gasteiger partial charge in [-0.1, -0.05) is 13.3 Å². The molecule has 0 aromatic heterocycles. The van der Waals surface area contributed by atoms with Crippen LogP contribution in [0, 0.1) is 0 Å². The average Bonchev–Trinajstić information content (AvgIpc) is 2.29. The van der Waals surface area contributed by atoms with Crippen LogP contribution in [0.4, 0.5) is 4.79 Å². The van der Waals surface area contributed by atoms with Gasteiger partial charge in [-0.3, -0.25) is 4.79 Å². The third kappa shape index (κ3) is 8.37. The Morgan fingerprint density at radius 2 is 1.94 bits per heavy atom. The fourth-order valence-corrected chi connectivity index (χ4v) is 1.38. The minimum Gasteiger partial charge on any atom is -0.480 e. The van der Waals surface area contributed by atoms with E-state index in [1.165, 1.54) is 0 Å². The molecule has 18 heavy (non-hydrogen) atoms. The molecule has 7 heteroatoms. The van der Waals surface area contributed by atoms with E-state index in [9.17, 15) is 14.4 Å². The van der Waals surface area contributed by atoms with Gasteiger partial charge in [-0.25, -0.2) is 9.59 Å². The van der Waals surface area contributed by atoms with Crippen LogP contribution in [-0.2, 0) is 9.59 Å². The lowest BCUT2D eigenvalue weighted by molar-refractivity contribution is -0.142. The molecule has 0 aliphatic rings. The maximum absolute atomic E-state index is 11.4. The predicted octanol–water partition coefficient (Wildman–Crippen LogP) is 0.195. The number of rotatable bonds is 9. The predicted molar refractivity (Wildman–Crippen MR) is 65.9 cm³/mol. The van der Waals surface area contributed by atoms with Gasteiger partial charge < -0.3 is 21.5 Å². The van der Waals surface area contributed by atoms with Gasteiger partial charge in [0.2, 0.25) is 5.91 Å². The Balaban J connectivity index is 3.95. The molecule has 7 nitrogen and oxygen atoms in total. The number of urea groups is 1. The topological polar surface area (TPSA) is 122 Å². The molecule has 0 aliphatic heterocycles. The summed E-state index contributed by atoms with van der Waals surface area (Å²) in [4.78, 5) is 32.7. The summed E-state index contributed by atoms with van der Waals surface area (Å²) in [5.74, 6) is -1.33. The van der Waals surface area contributed by atoms with Crippen LogP contribution >= 0.6 is 0 Å². The maximum Gasteiger partial charge on any atom is 0.326 e. The van der Waals surface area contributed by atoms with E-state index < -0.39 is 18.0 Å². The van der Waals surface area contributed by atoms with Gasteiger partial charge in [0.1, 0.15) is 6.04 Å². The second-order valence-electron chi connectivity index (χ2n) is 4.00. The number of nitrogens with two attached hydrogens (primary N) is 1. The van der Waals surface area contributed by atoms with Gasteiger partial charge in [0, 0.05) is 13.0 Å². The van der Waals surface area contributed by atoms with Crippen molar-refractivity contribution in [1.29, 1.82) is 0 Å². The van der Waals surface area contributed by atoms with E-state index in [2.05, 4.69) is 10.6 Å². The number of carbonyl (C=O) groups excluding carboxylic acids is 2. The smallest absolute Gasteiger partial charge is 0.326 e. The van der Waals surface area contributed by atoms with Crippen molar-refractivity contribution in [2.75, 3.05) is 6.54 Å². The number of primary amides is 1. The molecule has 0 bridgehead atoms. The zero-order valence-corrected chi connectivity index (χ0v) is 10.6. The molecule has 0 fully saturated rings. The summed E-state index contributed by atoms with van der Waals surface area (Å²) in [5.41, 5.74) is 4.87. The second kappa shape index (κ2) is 9.26. The summed E-state index contributed by atoms with van der Waals surface area (Å²) < 4.78 is 0. The molecule has 0 aromatic rings. The molecular formula is C11H21N3O4. The number of hydrogen-bond acceptors (Lipinski definition) is 3. The Kier molecular flexibility index (Phi) is 8.34. The molecule has 5 N–H and O–H groups in total. The molecule has 0 saturated carbocycles. The highest BCUT2D eigenvalue weighted by Gasteiger charge is 2.18. The molecule has 104 valence electrons. The highest BCUT2D eigenvalue weighted by Crippen LogP contribution is 2.00. The number of unbranched alkanes of at least 4 members (excludes halogenated alkanes) is 1. The highest BCUT2D eigenvalue weighted by atomic mass is 16.4. The number of nitrogens with one attached hydrogen (secondary N) is 2. The number of carboxylic acid groups (broad SMARTS) is 1. The van der Waals surface area contributed by atoms with Crippen LogP contribution in [0.15, 0.2) is 0 Å².